The van der Waals surface area contributed by atoms with E-state index in [0.717, 1.165) is 26.1 Å². The van der Waals surface area contributed by atoms with E-state index in [1.807, 2.05) is 12.1 Å². The van der Waals surface area contributed by atoms with E-state index in [9.17, 15) is 0 Å². The van der Waals surface area contributed by atoms with Crippen molar-refractivity contribution in [3.8, 4) is 0 Å². The van der Waals surface area contributed by atoms with Crippen LogP contribution in [0.1, 0.15) is 36.8 Å². The summed E-state index contributed by atoms with van der Waals surface area (Å²) in [4.78, 5) is 0. The molecule has 0 aromatic heterocycles. The molecule has 2 aromatic rings. The first-order valence-corrected chi connectivity index (χ1v) is 9.53. The van der Waals surface area contributed by atoms with Crippen molar-refractivity contribution in [2.75, 3.05) is 13.2 Å². The number of rotatable bonds is 11. The Hall–Kier alpha value is -2.16. The van der Waals surface area contributed by atoms with Crippen molar-refractivity contribution in [3.63, 3.8) is 0 Å². The third-order valence-corrected chi connectivity index (χ3v) is 4.61. The van der Waals surface area contributed by atoms with Crippen LogP contribution in [0.25, 0.3) is 0 Å². The van der Waals surface area contributed by atoms with Crippen LogP contribution in [0, 0.1) is 0 Å². The molecule has 0 spiro atoms. The van der Waals surface area contributed by atoms with Gasteiger partial charge in [0.25, 0.3) is 0 Å². The Morgan fingerprint density at radius 2 is 1.38 bits per heavy atom. The molecule has 0 saturated carbocycles. The van der Waals surface area contributed by atoms with Crippen molar-refractivity contribution >= 4 is 0 Å². The zero-order chi connectivity index (χ0) is 17.9. The lowest BCUT2D eigenvalue weighted by Crippen LogP contribution is -2.04. The number of benzene rings is 2. The van der Waals surface area contributed by atoms with Crippen LogP contribution >= 0.6 is 0 Å². The van der Waals surface area contributed by atoms with E-state index in [1.54, 1.807) is 0 Å². The van der Waals surface area contributed by atoms with Gasteiger partial charge in [0.05, 0.1) is 26.4 Å². The maximum Gasteiger partial charge on any atom is 0.0717 e. The molecule has 2 nitrogen and oxygen atoms in total. The minimum absolute atomic E-state index is 0.687. The average molecular weight is 348 g/mol. The standard InChI is InChI=1S/C24H28O2/c1-3-9-21(10-4-1)19-25-17-8-15-24(23-13-7-14-23)16-18-26-20-22-11-5-2-6-12-22/h1-6,9-13,15H,7-8,14,16-20H2/b24-15+. The van der Waals surface area contributed by atoms with Gasteiger partial charge in [-0.2, -0.15) is 0 Å². The minimum atomic E-state index is 0.687. The van der Waals surface area contributed by atoms with Crippen molar-refractivity contribution < 1.29 is 9.47 Å². The fourth-order valence-electron chi connectivity index (χ4n) is 3.00. The Morgan fingerprint density at radius 3 is 1.92 bits per heavy atom. The molecule has 0 N–H and O–H groups in total. The average Bonchev–Trinajstić information content (AvgIpc) is 2.65. The number of allylic oxidation sites excluding steroid dienone is 2. The Bertz CT molecular complexity index is 702. The summed E-state index contributed by atoms with van der Waals surface area (Å²) >= 11 is 0. The molecular formula is C24H28O2. The molecule has 0 unspecified atom stereocenters. The monoisotopic (exact) mass is 348 g/mol. The number of hydrogen-bond acceptors (Lipinski definition) is 2. The van der Waals surface area contributed by atoms with Gasteiger partial charge in [0, 0.05) is 0 Å². The number of ether oxygens (including phenoxy) is 2. The normalized spacial score (nSPS) is 14.0. The molecule has 26 heavy (non-hydrogen) atoms. The van der Waals surface area contributed by atoms with Crippen molar-refractivity contribution in [3.05, 3.63) is 95.1 Å². The lowest BCUT2D eigenvalue weighted by molar-refractivity contribution is 0.122. The summed E-state index contributed by atoms with van der Waals surface area (Å²) in [7, 11) is 0. The molecule has 1 aliphatic carbocycles. The van der Waals surface area contributed by atoms with Crippen molar-refractivity contribution in [1.29, 1.82) is 0 Å². The molecule has 2 aromatic carbocycles. The van der Waals surface area contributed by atoms with Crippen molar-refractivity contribution in [2.45, 2.75) is 38.9 Å². The molecule has 1 aliphatic rings. The maximum absolute atomic E-state index is 5.85. The van der Waals surface area contributed by atoms with Gasteiger partial charge in [-0.1, -0.05) is 72.8 Å². The lowest BCUT2D eigenvalue weighted by atomic mass is 9.89. The van der Waals surface area contributed by atoms with E-state index < -0.39 is 0 Å². The summed E-state index contributed by atoms with van der Waals surface area (Å²) in [6.07, 6.45) is 9.03. The molecule has 0 radical (unpaired) electrons. The molecule has 2 heteroatoms. The Balaban J connectivity index is 1.37. The topological polar surface area (TPSA) is 18.5 Å². The van der Waals surface area contributed by atoms with Crippen LogP contribution in [0.5, 0.6) is 0 Å². The van der Waals surface area contributed by atoms with Crippen LogP contribution in [-0.2, 0) is 22.7 Å². The highest BCUT2D eigenvalue weighted by atomic mass is 16.5. The zero-order valence-corrected chi connectivity index (χ0v) is 15.4. The molecule has 0 amide bonds. The van der Waals surface area contributed by atoms with Crippen LogP contribution in [-0.4, -0.2) is 13.2 Å². The Kier molecular flexibility index (Phi) is 7.70. The molecule has 0 heterocycles. The highest BCUT2D eigenvalue weighted by Gasteiger charge is 2.11. The van der Waals surface area contributed by atoms with E-state index >= 15 is 0 Å². The highest BCUT2D eigenvalue weighted by Crippen LogP contribution is 2.28. The summed E-state index contributed by atoms with van der Waals surface area (Å²) in [5.74, 6) is 0. The predicted octanol–water partition coefficient (Wildman–Crippen LogP) is 5.85. The van der Waals surface area contributed by atoms with Gasteiger partial charge < -0.3 is 9.47 Å². The molecule has 0 fully saturated rings. The lowest BCUT2D eigenvalue weighted by Gasteiger charge is -2.18. The fourth-order valence-corrected chi connectivity index (χ4v) is 3.00. The summed E-state index contributed by atoms with van der Waals surface area (Å²) in [5.41, 5.74) is 5.40. The third kappa shape index (κ3) is 6.29. The molecular weight excluding hydrogens is 320 g/mol. The molecule has 0 bridgehead atoms. The fraction of sp³-hybridized carbons (Fsp3) is 0.333. The second kappa shape index (κ2) is 10.7. The second-order valence-electron chi connectivity index (χ2n) is 6.61. The van der Waals surface area contributed by atoms with Gasteiger partial charge in [0.1, 0.15) is 0 Å². The van der Waals surface area contributed by atoms with E-state index in [4.69, 9.17) is 9.47 Å². The first kappa shape index (κ1) is 18.6. The SMILES string of the molecule is C1=C(/C(=C/CCOCc2ccccc2)CCOCc2ccccc2)CC1. The summed E-state index contributed by atoms with van der Waals surface area (Å²) in [6.45, 7) is 2.90. The Morgan fingerprint density at radius 1 is 0.808 bits per heavy atom. The van der Waals surface area contributed by atoms with E-state index in [1.165, 1.54) is 35.1 Å². The minimum Gasteiger partial charge on any atom is -0.376 e. The van der Waals surface area contributed by atoms with Crippen LogP contribution in [0.3, 0.4) is 0 Å². The van der Waals surface area contributed by atoms with Crippen LogP contribution in [0.15, 0.2) is 84.0 Å². The molecule has 0 saturated heterocycles. The largest absolute Gasteiger partial charge is 0.376 e. The van der Waals surface area contributed by atoms with E-state index in [0.29, 0.717) is 13.2 Å². The van der Waals surface area contributed by atoms with Gasteiger partial charge in [0.15, 0.2) is 0 Å². The van der Waals surface area contributed by atoms with Gasteiger partial charge in [-0.25, -0.2) is 0 Å². The third-order valence-electron chi connectivity index (χ3n) is 4.61. The maximum atomic E-state index is 5.85. The quantitative estimate of drug-likeness (QED) is 0.474. The Labute approximate surface area is 157 Å². The molecule has 136 valence electrons. The summed E-state index contributed by atoms with van der Waals surface area (Å²) in [6, 6.07) is 20.7. The van der Waals surface area contributed by atoms with Gasteiger partial charge in [0.2, 0.25) is 0 Å². The molecule has 0 atom stereocenters. The van der Waals surface area contributed by atoms with Crippen LogP contribution in [0.2, 0.25) is 0 Å². The molecule has 3 rings (SSSR count). The zero-order valence-electron chi connectivity index (χ0n) is 15.4. The van der Waals surface area contributed by atoms with Gasteiger partial charge in [-0.3, -0.25) is 0 Å². The van der Waals surface area contributed by atoms with Gasteiger partial charge in [-0.15, -0.1) is 0 Å². The van der Waals surface area contributed by atoms with Gasteiger partial charge >= 0.3 is 0 Å². The predicted molar refractivity (Wildman–Crippen MR) is 107 cm³/mol. The second-order valence-corrected chi connectivity index (χ2v) is 6.61. The summed E-state index contributed by atoms with van der Waals surface area (Å²) in [5, 5.41) is 0. The molecule has 0 aliphatic heterocycles. The summed E-state index contributed by atoms with van der Waals surface area (Å²) < 4.78 is 11.6. The van der Waals surface area contributed by atoms with Crippen molar-refractivity contribution in [2.24, 2.45) is 0 Å². The van der Waals surface area contributed by atoms with Crippen molar-refractivity contribution in [1.82, 2.24) is 0 Å². The van der Waals surface area contributed by atoms with E-state index in [-0.39, 0.29) is 0 Å². The number of hydrogen-bond donors (Lipinski definition) is 0. The first-order valence-electron chi connectivity index (χ1n) is 9.53. The first-order chi connectivity index (χ1) is 12.9. The highest BCUT2D eigenvalue weighted by molar-refractivity contribution is 5.35. The van der Waals surface area contributed by atoms with Gasteiger partial charge in [-0.05, 0) is 48.0 Å². The smallest absolute Gasteiger partial charge is 0.0717 e. The van der Waals surface area contributed by atoms with Crippen LogP contribution in [0.4, 0.5) is 0 Å². The van der Waals surface area contributed by atoms with Crippen LogP contribution < -0.4 is 0 Å². The van der Waals surface area contributed by atoms with E-state index in [2.05, 4.69) is 60.7 Å².